The summed E-state index contributed by atoms with van der Waals surface area (Å²) in [7, 11) is 1.64. The van der Waals surface area contributed by atoms with Crippen molar-refractivity contribution in [3.8, 4) is 0 Å². The van der Waals surface area contributed by atoms with Gasteiger partial charge in [0.2, 0.25) is 5.91 Å². The zero-order valence-electron chi connectivity index (χ0n) is 10.8. The maximum atomic E-state index is 11.8. The molecule has 1 fully saturated rings. The maximum Gasteiger partial charge on any atom is 0.222 e. The highest BCUT2D eigenvalue weighted by molar-refractivity contribution is 5.81. The molecule has 0 radical (unpaired) electrons. The molecule has 7 heteroatoms. The summed E-state index contributed by atoms with van der Waals surface area (Å²) in [6.07, 6.45) is 1.30. The van der Waals surface area contributed by atoms with E-state index in [9.17, 15) is 4.79 Å². The summed E-state index contributed by atoms with van der Waals surface area (Å²) in [5.41, 5.74) is 5.44. The molecule has 1 aliphatic heterocycles. The van der Waals surface area contributed by atoms with Crippen molar-refractivity contribution in [1.82, 2.24) is 9.80 Å². The molecule has 1 saturated heterocycles. The zero-order valence-corrected chi connectivity index (χ0v) is 10.8. The molecule has 0 unspecified atom stereocenters. The first kappa shape index (κ1) is 14.7. The number of methoxy groups -OCH3 is 1. The molecule has 104 valence electrons. The molecular formula is C11H22N4O3. The minimum Gasteiger partial charge on any atom is -0.409 e. The van der Waals surface area contributed by atoms with Crippen molar-refractivity contribution in [3.05, 3.63) is 0 Å². The number of nitrogens with zero attached hydrogens (tertiary/aromatic N) is 3. The lowest BCUT2D eigenvalue weighted by Gasteiger charge is -2.34. The fourth-order valence-electron chi connectivity index (χ4n) is 1.94. The van der Waals surface area contributed by atoms with Gasteiger partial charge in [-0.3, -0.25) is 9.69 Å². The second-order valence-corrected chi connectivity index (χ2v) is 4.34. The number of piperazine rings is 1. The van der Waals surface area contributed by atoms with Crippen LogP contribution in [0.15, 0.2) is 5.16 Å². The van der Waals surface area contributed by atoms with E-state index in [0.717, 1.165) is 19.5 Å². The Labute approximate surface area is 107 Å². The van der Waals surface area contributed by atoms with Crippen molar-refractivity contribution < 1.29 is 14.7 Å². The summed E-state index contributed by atoms with van der Waals surface area (Å²) in [5.74, 6) is 0.380. The molecule has 0 spiro atoms. The van der Waals surface area contributed by atoms with E-state index in [0.29, 0.717) is 32.7 Å². The average molecular weight is 258 g/mol. The van der Waals surface area contributed by atoms with Gasteiger partial charge in [-0.2, -0.15) is 0 Å². The summed E-state index contributed by atoms with van der Waals surface area (Å²) >= 11 is 0. The predicted octanol–water partition coefficient (Wildman–Crippen LogP) is -0.696. The van der Waals surface area contributed by atoms with Crippen LogP contribution in [0, 0.1) is 0 Å². The second kappa shape index (κ2) is 7.88. The van der Waals surface area contributed by atoms with Crippen LogP contribution in [0.2, 0.25) is 0 Å². The Morgan fingerprint density at radius 2 is 2.06 bits per heavy atom. The molecule has 0 aliphatic carbocycles. The molecule has 1 aliphatic rings. The first-order valence-electron chi connectivity index (χ1n) is 6.13. The van der Waals surface area contributed by atoms with Crippen LogP contribution in [0.4, 0.5) is 0 Å². The Balaban J connectivity index is 2.24. The average Bonchev–Trinajstić information content (AvgIpc) is 2.39. The number of carbonyl (C=O) groups excluding carboxylic acids is 1. The first-order valence-corrected chi connectivity index (χ1v) is 6.13. The summed E-state index contributed by atoms with van der Waals surface area (Å²) in [4.78, 5) is 15.7. The molecule has 0 bridgehead atoms. The molecule has 1 heterocycles. The molecule has 0 saturated carbocycles. The van der Waals surface area contributed by atoms with Gasteiger partial charge in [-0.1, -0.05) is 5.16 Å². The Kier molecular flexibility index (Phi) is 6.45. The van der Waals surface area contributed by atoms with Crippen molar-refractivity contribution in [2.45, 2.75) is 12.8 Å². The van der Waals surface area contributed by atoms with E-state index in [4.69, 9.17) is 15.7 Å². The van der Waals surface area contributed by atoms with Gasteiger partial charge in [0.1, 0.15) is 0 Å². The van der Waals surface area contributed by atoms with Gasteiger partial charge >= 0.3 is 0 Å². The zero-order chi connectivity index (χ0) is 13.4. The number of amidine groups is 1. The highest BCUT2D eigenvalue weighted by Gasteiger charge is 2.20. The Morgan fingerprint density at radius 3 is 2.61 bits per heavy atom. The minimum atomic E-state index is 0.176. The predicted molar refractivity (Wildman–Crippen MR) is 67.5 cm³/mol. The van der Waals surface area contributed by atoms with Crippen molar-refractivity contribution in [3.63, 3.8) is 0 Å². The van der Waals surface area contributed by atoms with Crippen LogP contribution in [0.5, 0.6) is 0 Å². The summed E-state index contributed by atoms with van der Waals surface area (Å²) < 4.78 is 4.92. The van der Waals surface area contributed by atoms with Gasteiger partial charge in [-0.15, -0.1) is 0 Å². The number of rotatable bonds is 6. The highest BCUT2D eigenvalue weighted by atomic mass is 16.5. The number of oxime groups is 1. The Morgan fingerprint density at radius 1 is 1.39 bits per heavy atom. The van der Waals surface area contributed by atoms with Crippen LogP contribution in [0.3, 0.4) is 0 Å². The van der Waals surface area contributed by atoms with Gasteiger partial charge in [0, 0.05) is 46.3 Å². The van der Waals surface area contributed by atoms with Crippen LogP contribution in [0.1, 0.15) is 12.8 Å². The van der Waals surface area contributed by atoms with Crippen molar-refractivity contribution in [1.29, 1.82) is 0 Å². The number of nitrogens with two attached hydrogens (primary N) is 1. The highest BCUT2D eigenvalue weighted by Crippen LogP contribution is 2.05. The molecular weight excluding hydrogens is 236 g/mol. The van der Waals surface area contributed by atoms with Crippen LogP contribution in [-0.4, -0.2) is 73.2 Å². The third-order valence-electron chi connectivity index (χ3n) is 2.98. The number of hydrogen-bond acceptors (Lipinski definition) is 5. The van der Waals surface area contributed by atoms with E-state index < -0.39 is 0 Å². The maximum absolute atomic E-state index is 11.8. The number of amides is 1. The molecule has 0 aromatic rings. The van der Waals surface area contributed by atoms with Crippen LogP contribution in [-0.2, 0) is 9.53 Å². The lowest BCUT2D eigenvalue weighted by Crippen LogP contribution is -2.50. The Bertz CT molecular complexity index is 288. The van der Waals surface area contributed by atoms with E-state index in [1.807, 2.05) is 4.90 Å². The molecule has 0 aromatic heterocycles. The van der Waals surface area contributed by atoms with E-state index in [-0.39, 0.29) is 11.7 Å². The smallest absolute Gasteiger partial charge is 0.222 e. The summed E-state index contributed by atoms with van der Waals surface area (Å²) in [6.45, 7) is 3.98. The normalized spacial score (nSPS) is 18.1. The lowest BCUT2D eigenvalue weighted by atomic mass is 10.2. The number of hydrogen-bond donors (Lipinski definition) is 2. The first-order chi connectivity index (χ1) is 8.67. The van der Waals surface area contributed by atoms with Gasteiger partial charge < -0.3 is 20.6 Å². The number of carbonyl (C=O) groups is 1. The van der Waals surface area contributed by atoms with Crippen molar-refractivity contribution in [2.24, 2.45) is 10.9 Å². The van der Waals surface area contributed by atoms with Crippen LogP contribution in [0.25, 0.3) is 0 Å². The monoisotopic (exact) mass is 258 g/mol. The third kappa shape index (κ3) is 4.89. The van der Waals surface area contributed by atoms with Gasteiger partial charge in [-0.25, -0.2) is 0 Å². The minimum absolute atomic E-state index is 0.176. The number of ether oxygens (including phenoxy) is 1. The van der Waals surface area contributed by atoms with Gasteiger partial charge in [0.25, 0.3) is 0 Å². The van der Waals surface area contributed by atoms with Crippen molar-refractivity contribution in [2.75, 3.05) is 46.4 Å². The SMILES string of the molecule is COCCCC(=O)N1CCN(CC(N)=NO)CC1. The topological polar surface area (TPSA) is 91.4 Å². The molecule has 0 aromatic carbocycles. The van der Waals surface area contributed by atoms with E-state index in [1.54, 1.807) is 7.11 Å². The standard InChI is InChI=1S/C11H22N4O3/c1-18-8-2-3-11(16)15-6-4-14(5-7-15)9-10(12)13-17/h17H,2-9H2,1H3,(H2,12,13). The molecule has 7 nitrogen and oxygen atoms in total. The van der Waals surface area contributed by atoms with E-state index in [1.165, 1.54) is 0 Å². The fourth-order valence-corrected chi connectivity index (χ4v) is 1.94. The van der Waals surface area contributed by atoms with E-state index >= 15 is 0 Å². The Hall–Kier alpha value is -1.34. The lowest BCUT2D eigenvalue weighted by molar-refractivity contribution is -0.133. The summed E-state index contributed by atoms with van der Waals surface area (Å²) in [5, 5.41) is 11.4. The third-order valence-corrected chi connectivity index (χ3v) is 2.98. The van der Waals surface area contributed by atoms with Gasteiger partial charge in [0.05, 0.1) is 6.54 Å². The molecule has 18 heavy (non-hydrogen) atoms. The van der Waals surface area contributed by atoms with Crippen molar-refractivity contribution >= 4 is 11.7 Å². The van der Waals surface area contributed by atoms with Gasteiger partial charge in [-0.05, 0) is 6.42 Å². The largest absolute Gasteiger partial charge is 0.409 e. The molecule has 3 N–H and O–H groups in total. The van der Waals surface area contributed by atoms with Gasteiger partial charge in [0.15, 0.2) is 5.84 Å². The van der Waals surface area contributed by atoms with Crippen LogP contribution >= 0.6 is 0 Å². The van der Waals surface area contributed by atoms with E-state index in [2.05, 4.69) is 10.1 Å². The molecule has 0 atom stereocenters. The fraction of sp³-hybridized carbons (Fsp3) is 0.818. The molecule has 1 amide bonds. The summed E-state index contributed by atoms with van der Waals surface area (Å²) in [6, 6.07) is 0. The molecule has 1 rings (SSSR count). The van der Waals surface area contributed by atoms with Crippen LogP contribution < -0.4 is 5.73 Å². The quantitative estimate of drug-likeness (QED) is 0.216. The second-order valence-electron chi connectivity index (χ2n) is 4.34.